The van der Waals surface area contributed by atoms with Crippen molar-refractivity contribution >= 4 is 16.9 Å². The Kier molecular flexibility index (Phi) is 4.82. The first kappa shape index (κ1) is 21.3. The van der Waals surface area contributed by atoms with Gasteiger partial charge in [0, 0.05) is 24.0 Å². The summed E-state index contributed by atoms with van der Waals surface area (Å²) in [4.78, 5) is 25.8. The van der Waals surface area contributed by atoms with E-state index in [1.807, 2.05) is 0 Å². The first-order valence-corrected chi connectivity index (χ1v) is 10.2. The van der Waals surface area contributed by atoms with E-state index >= 15 is 0 Å². The number of nitrogens with zero attached hydrogens (tertiary/aromatic N) is 3. The zero-order valence-electron chi connectivity index (χ0n) is 17.6. The van der Waals surface area contributed by atoms with Crippen molar-refractivity contribution in [1.29, 1.82) is 0 Å². The SMILES string of the molecule is CC(C)(O)c1nc(C(F)F)c(C(=O)N2CCc3[nH]cnc3[C@@H]2c2cc3cc(F)ccc3o2)o1. The molecule has 8 nitrogen and oxygen atoms in total. The molecule has 3 aromatic heterocycles. The zero-order chi connectivity index (χ0) is 23.5. The quantitative estimate of drug-likeness (QED) is 0.472. The fraction of sp³-hybridized carbons (Fsp3) is 0.318. The van der Waals surface area contributed by atoms with Crippen molar-refractivity contribution in [3.63, 3.8) is 0 Å². The van der Waals surface area contributed by atoms with Crippen molar-refractivity contribution in [1.82, 2.24) is 19.9 Å². The van der Waals surface area contributed by atoms with Gasteiger partial charge in [0.1, 0.15) is 28.8 Å². The summed E-state index contributed by atoms with van der Waals surface area (Å²) in [5, 5.41) is 10.6. The van der Waals surface area contributed by atoms with Gasteiger partial charge in [-0.25, -0.2) is 23.1 Å². The van der Waals surface area contributed by atoms with Crippen molar-refractivity contribution in [3.05, 3.63) is 70.9 Å². The number of rotatable bonds is 4. The van der Waals surface area contributed by atoms with Crippen LogP contribution in [0.3, 0.4) is 0 Å². The van der Waals surface area contributed by atoms with Gasteiger partial charge < -0.3 is 23.8 Å². The summed E-state index contributed by atoms with van der Waals surface area (Å²) in [6.45, 7) is 2.77. The van der Waals surface area contributed by atoms with Crippen LogP contribution in [0.15, 0.2) is 39.4 Å². The minimum atomic E-state index is -3.10. The molecule has 11 heteroatoms. The molecular weight excluding hydrogens is 441 g/mol. The Morgan fingerprint density at radius 1 is 1.30 bits per heavy atom. The summed E-state index contributed by atoms with van der Waals surface area (Å²) in [7, 11) is 0. The van der Waals surface area contributed by atoms with Crippen molar-refractivity contribution < 1.29 is 31.9 Å². The predicted molar refractivity (Wildman–Crippen MR) is 108 cm³/mol. The van der Waals surface area contributed by atoms with Gasteiger partial charge in [0.15, 0.2) is 5.69 Å². The molecule has 1 amide bonds. The van der Waals surface area contributed by atoms with Crippen LogP contribution in [0.25, 0.3) is 11.0 Å². The number of aromatic amines is 1. The highest BCUT2D eigenvalue weighted by Gasteiger charge is 2.41. The van der Waals surface area contributed by atoms with Crippen LogP contribution >= 0.6 is 0 Å². The van der Waals surface area contributed by atoms with Crippen LogP contribution in [-0.4, -0.2) is 37.4 Å². The summed E-state index contributed by atoms with van der Waals surface area (Å²) in [6, 6.07) is 4.73. The molecular formula is C22H19F3N4O4. The molecule has 0 saturated carbocycles. The van der Waals surface area contributed by atoms with Gasteiger partial charge in [-0.3, -0.25) is 4.79 Å². The van der Waals surface area contributed by atoms with Gasteiger partial charge in [-0.05, 0) is 38.1 Å². The lowest BCUT2D eigenvalue weighted by molar-refractivity contribution is 0.0437. The Morgan fingerprint density at radius 2 is 2.09 bits per heavy atom. The molecule has 0 saturated heterocycles. The molecule has 1 aromatic carbocycles. The van der Waals surface area contributed by atoms with Crippen LogP contribution in [0.4, 0.5) is 13.2 Å². The Morgan fingerprint density at radius 3 is 2.82 bits per heavy atom. The Labute approximate surface area is 185 Å². The number of furan rings is 1. The van der Waals surface area contributed by atoms with E-state index in [1.165, 1.54) is 43.3 Å². The van der Waals surface area contributed by atoms with Gasteiger partial charge in [0.2, 0.25) is 11.7 Å². The van der Waals surface area contributed by atoms with Crippen LogP contribution in [0.2, 0.25) is 0 Å². The standard InChI is InChI=1S/C22H19F3N4O4/c1-22(2,31)21-28-16(19(24)25)18(33-21)20(30)29-6-5-12-15(27-9-26-12)17(29)14-8-10-7-11(23)3-4-13(10)32-14/h3-4,7-9,17,19,31H,5-6H2,1-2H3,(H,26,27)/t17-/m0/s1. The van der Waals surface area contributed by atoms with E-state index in [-0.39, 0.29) is 12.3 Å². The van der Waals surface area contributed by atoms with E-state index in [4.69, 9.17) is 8.83 Å². The fourth-order valence-electron chi connectivity index (χ4n) is 3.98. The number of carbonyl (C=O) groups is 1. The lowest BCUT2D eigenvalue weighted by Crippen LogP contribution is -2.40. The maximum atomic E-state index is 13.7. The number of fused-ring (bicyclic) bond motifs is 2. The van der Waals surface area contributed by atoms with Crippen LogP contribution in [-0.2, 0) is 12.0 Å². The largest absolute Gasteiger partial charge is 0.458 e. The highest BCUT2D eigenvalue weighted by Crippen LogP contribution is 2.38. The third-order valence-corrected chi connectivity index (χ3v) is 5.53. The maximum absolute atomic E-state index is 13.7. The molecule has 2 N–H and O–H groups in total. The second-order valence-electron chi connectivity index (χ2n) is 8.34. The number of aliphatic hydroxyl groups is 1. The number of oxazole rings is 1. The number of carbonyl (C=O) groups excluding carboxylic acids is 1. The van der Waals surface area contributed by atoms with Crippen LogP contribution in [0.1, 0.15) is 65.6 Å². The second-order valence-corrected chi connectivity index (χ2v) is 8.34. The number of H-pyrrole nitrogens is 1. The first-order valence-electron chi connectivity index (χ1n) is 10.2. The average molecular weight is 460 g/mol. The molecule has 172 valence electrons. The summed E-state index contributed by atoms with van der Waals surface area (Å²) in [5.74, 6) is -2.06. The number of nitrogens with one attached hydrogen (secondary N) is 1. The number of imidazole rings is 1. The molecule has 0 fully saturated rings. The third kappa shape index (κ3) is 3.58. The van der Waals surface area contributed by atoms with Gasteiger partial charge in [-0.15, -0.1) is 0 Å². The van der Waals surface area contributed by atoms with Crippen LogP contribution < -0.4 is 0 Å². The van der Waals surface area contributed by atoms with Crippen LogP contribution in [0.5, 0.6) is 0 Å². The van der Waals surface area contributed by atoms with Crippen molar-refractivity contribution in [3.8, 4) is 0 Å². The Hall–Kier alpha value is -3.60. The van der Waals surface area contributed by atoms with E-state index in [1.54, 1.807) is 6.07 Å². The lowest BCUT2D eigenvalue weighted by atomic mass is 9.99. The number of hydrogen-bond donors (Lipinski definition) is 2. The molecule has 0 bridgehead atoms. The molecule has 0 radical (unpaired) electrons. The van der Waals surface area contributed by atoms with Crippen molar-refractivity contribution in [2.45, 2.75) is 38.3 Å². The molecule has 5 rings (SSSR count). The topological polar surface area (TPSA) is 108 Å². The number of halogens is 3. The zero-order valence-corrected chi connectivity index (χ0v) is 17.6. The van der Waals surface area contributed by atoms with Crippen LogP contribution in [0, 0.1) is 5.82 Å². The van der Waals surface area contributed by atoms with E-state index in [0.717, 1.165) is 5.69 Å². The summed E-state index contributed by atoms with van der Waals surface area (Å²) in [5.41, 5.74) is -0.870. The molecule has 1 atom stereocenters. The molecule has 0 spiro atoms. The van der Waals surface area contributed by atoms with E-state index in [9.17, 15) is 23.1 Å². The number of amides is 1. The third-order valence-electron chi connectivity index (χ3n) is 5.53. The number of aromatic nitrogens is 3. The molecule has 1 aliphatic heterocycles. The number of benzene rings is 1. The Balaban J connectivity index is 1.62. The van der Waals surface area contributed by atoms with Gasteiger partial charge in [0.05, 0.1) is 12.0 Å². The van der Waals surface area contributed by atoms with Gasteiger partial charge in [-0.2, -0.15) is 0 Å². The second kappa shape index (κ2) is 7.48. The summed E-state index contributed by atoms with van der Waals surface area (Å²) in [6.07, 6.45) is -1.23. The smallest absolute Gasteiger partial charge is 0.292 e. The van der Waals surface area contributed by atoms with Gasteiger partial charge in [-0.1, -0.05) is 0 Å². The molecule has 1 aliphatic rings. The van der Waals surface area contributed by atoms with Crippen molar-refractivity contribution in [2.24, 2.45) is 0 Å². The van der Waals surface area contributed by atoms with E-state index in [0.29, 0.717) is 23.1 Å². The highest BCUT2D eigenvalue weighted by molar-refractivity contribution is 5.93. The average Bonchev–Trinajstić information content (AvgIpc) is 3.48. The van der Waals surface area contributed by atoms with Gasteiger partial charge >= 0.3 is 0 Å². The molecule has 0 aliphatic carbocycles. The normalized spacial score (nSPS) is 16.6. The minimum Gasteiger partial charge on any atom is -0.458 e. The number of hydrogen-bond acceptors (Lipinski definition) is 6. The molecule has 4 heterocycles. The lowest BCUT2D eigenvalue weighted by Gasteiger charge is -2.33. The monoisotopic (exact) mass is 460 g/mol. The van der Waals surface area contributed by atoms with Gasteiger partial charge in [0.25, 0.3) is 12.3 Å². The maximum Gasteiger partial charge on any atom is 0.292 e. The van der Waals surface area contributed by atoms with E-state index < -0.39 is 47.1 Å². The predicted octanol–water partition coefficient (Wildman–Crippen LogP) is 4.24. The number of alkyl halides is 2. The summed E-state index contributed by atoms with van der Waals surface area (Å²) >= 11 is 0. The van der Waals surface area contributed by atoms with E-state index in [2.05, 4.69) is 15.0 Å². The highest BCUT2D eigenvalue weighted by atomic mass is 19.3. The molecule has 4 aromatic rings. The Bertz CT molecular complexity index is 1350. The summed E-state index contributed by atoms with van der Waals surface area (Å²) < 4.78 is 52.3. The minimum absolute atomic E-state index is 0.144. The van der Waals surface area contributed by atoms with Crippen molar-refractivity contribution in [2.75, 3.05) is 6.54 Å². The molecule has 33 heavy (non-hydrogen) atoms. The molecule has 0 unspecified atom stereocenters. The first-order chi connectivity index (χ1) is 15.6. The fourth-order valence-corrected chi connectivity index (χ4v) is 3.98.